The van der Waals surface area contributed by atoms with Crippen LogP contribution in [0.1, 0.15) is 15.9 Å². The number of amides is 1. The first-order valence-corrected chi connectivity index (χ1v) is 8.24. The van der Waals surface area contributed by atoms with Gasteiger partial charge in [-0.05, 0) is 31.8 Å². The highest BCUT2D eigenvalue weighted by molar-refractivity contribution is 5.92. The van der Waals surface area contributed by atoms with Gasteiger partial charge in [0, 0.05) is 12.1 Å². The summed E-state index contributed by atoms with van der Waals surface area (Å²) in [5, 5.41) is 10.2. The molecule has 0 aliphatic carbocycles. The zero-order chi connectivity index (χ0) is 19.6. The fraction of sp³-hybridized carbons (Fsp3) is 0.294. The van der Waals surface area contributed by atoms with Crippen molar-refractivity contribution in [2.24, 2.45) is 5.73 Å². The average Bonchev–Trinajstić information content (AvgIpc) is 2.92. The lowest BCUT2D eigenvalue weighted by Gasteiger charge is -2.10. The molecule has 0 aliphatic heterocycles. The summed E-state index contributed by atoms with van der Waals surface area (Å²) in [7, 11) is 3.86. The first kappa shape index (κ1) is 18.4. The summed E-state index contributed by atoms with van der Waals surface area (Å²) in [5.74, 6) is -0.379. The minimum atomic E-state index is -0.502. The molecule has 0 aliphatic rings. The Kier molecular flexibility index (Phi) is 5.08. The highest BCUT2D eigenvalue weighted by Crippen LogP contribution is 2.25. The van der Waals surface area contributed by atoms with Crippen LogP contribution >= 0.6 is 0 Å². The lowest BCUT2D eigenvalue weighted by atomic mass is 10.1. The van der Waals surface area contributed by atoms with Crippen LogP contribution in [0.3, 0.4) is 0 Å². The van der Waals surface area contributed by atoms with E-state index < -0.39 is 5.91 Å². The Balaban J connectivity index is 1.90. The number of aromatic nitrogens is 4. The number of nitrogen functional groups attached to an aromatic ring is 1. The van der Waals surface area contributed by atoms with Gasteiger partial charge in [0.1, 0.15) is 6.61 Å². The predicted octanol–water partition coefficient (Wildman–Crippen LogP) is 0.202. The number of primary amides is 1. The summed E-state index contributed by atoms with van der Waals surface area (Å²) in [4.78, 5) is 25.6. The van der Waals surface area contributed by atoms with Crippen molar-refractivity contribution < 1.29 is 14.6 Å². The maximum absolute atomic E-state index is 11.2. The summed E-state index contributed by atoms with van der Waals surface area (Å²) in [6.45, 7) is 1.36. The molecule has 0 fully saturated rings. The number of likely N-dealkylation sites (N-methyl/N-ethyl adjacent to an activating group) is 1. The van der Waals surface area contributed by atoms with Crippen LogP contribution in [-0.2, 0) is 6.54 Å². The number of nitrogens with two attached hydrogens (primary N) is 2. The summed E-state index contributed by atoms with van der Waals surface area (Å²) >= 11 is 0. The van der Waals surface area contributed by atoms with Crippen LogP contribution in [-0.4, -0.2) is 62.7 Å². The minimum Gasteiger partial charge on any atom is -0.480 e. The molecule has 10 heteroatoms. The highest BCUT2D eigenvalue weighted by atomic mass is 16.5. The molecular weight excluding hydrogens is 350 g/mol. The van der Waals surface area contributed by atoms with Crippen molar-refractivity contribution in [1.29, 1.82) is 0 Å². The molecule has 5 N–H and O–H groups in total. The van der Waals surface area contributed by atoms with E-state index in [1.807, 2.05) is 19.0 Å². The Hall–Kier alpha value is -3.40. The third kappa shape index (κ3) is 4.06. The molecule has 0 saturated carbocycles. The topological polar surface area (TPSA) is 145 Å². The average molecular weight is 371 g/mol. The maximum Gasteiger partial charge on any atom is 0.320 e. The Morgan fingerprint density at radius 3 is 2.56 bits per heavy atom. The summed E-state index contributed by atoms with van der Waals surface area (Å²) in [6.07, 6.45) is 0. The summed E-state index contributed by atoms with van der Waals surface area (Å²) in [6, 6.07) is 6.59. The van der Waals surface area contributed by atoms with E-state index in [1.54, 1.807) is 24.3 Å². The predicted molar refractivity (Wildman–Crippen MR) is 99.5 cm³/mol. The van der Waals surface area contributed by atoms with Gasteiger partial charge in [0.25, 0.3) is 6.01 Å². The van der Waals surface area contributed by atoms with Gasteiger partial charge in [-0.1, -0.05) is 12.1 Å². The van der Waals surface area contributed by atoms with Gasteiger partial charge in [0.2, 0.25) is 5.91 Å². The number of ether oxygens (including phenoxy) is 1. The molecule has 0 radical (unpaired) electrons. The number of carbonyl (C=O) groups excluding carboxylic acids is 1. The van der Waals surface area contributed by atoms with E-state index in [-0.39, 0.29) is 24.4 Å². The van der Waals surface area contributed by atoms with E-state index in [0.717, 1.165) is 5.56 Å². The molecule has 0 unspecified atom stereocenters. The first-order chi connectivity index (χ1) is 12.8. The van der Waals surface area contributed by atoms with Crippen molar-refractivity contribution in [2.45, 2.75) is 6.54 Å². The number of carbonyl (C=O) groups is 1. The number of nitrogens with zero attached hydrogens (tertiary/aromatic N) is 5. The van der Waals surface area contributed by atoms with E-state index in [0.29, 0.717) is 29.9 Å². The Morgan fingerprint density at radius 2 is 1.93 bits per heavy atom. The van der Waals surface area contributed by atoms with Crippen LogP contribution in [0, 0.1) is 0 Å². The highest BCUT2D eigenvalue weighted by Gasteiger charge is 2.17. The van der Waals surface area contributed by atoms with E-state index in [4.69, 9.17) is 16.2 Å². The number of hydrogen-bond donors (Lipinski definition) is 3. The van der Waals surface area contributed by atoms with Crippen LogP contribution in [0.15, 0.2) is 24.3 Å². The second-order valence-electron chi connectivity index (χ2n) is 6.27. The van der Waals surface area contributed by atoms with Crippen molar-refractivity contribution in [3.8, 4) is 12.0 Å². The smallest absolute Gasteiger partial charge is 0.320 e. The normalized spacial score (nSPS) is 11.2. The van der Waals surface area contributed by atoms with Crippen molar-refractivity contribution in [1.82, 2.24) is 24.4 Å². The van der Waals surface area contributed by atoms with E-state index in [1.165, 1.54) is 4.57 Å². The molecule has 2 heterocycles. The van der Waals surface area contributed by atoms with Gasteiger partial charge in [0.05, 0.1) is 6.54 Å². The number of anilines is 1. The van der Waals surface area contributed by atoms with Gasteiger partial charge in [-0.25, -0.2) is 0 Å². The van der Waals surface area contributed by atoms with Gasteiger partial charge < -0.3 is 26.2 Å². The lowest BCUT2D eigenvalue weighted by molar-refractivity contribution is 0.1000. The van der Waals surface area contributed by atoms with Crippen molar-refractivity contribution in [3.63, 3.8) is 0 Å². The number of fused-ring (bicyclic) bond motifs is 1. The van der Waals surface area contributed by atoms with E-state index in [2.05, 4.69) is 15.0 Å². The van der Waals surface area contributed by atoms with Gasteiger partial charge in [-0.15, -0.1) is 0 Å². The quantitative estimate of drug-likeness (QED) is 0.534. The number of hydrogen-bond acceptors (Lipinski definition) is 8. The largest absolute Gasteiger partial charge is 0.480 e. The third-order valence-corrected chi connectivity index (χ3v) is 3.93. The lowest BCUT2D eigenvalue weighted by Crippen LogP contribution is -2.20. The molecule has 142 valence electrons. The standard InChI is InChI=1S/C17H21N7O3/c1-23(2)7-8-27-16-21-13(18)12-15(22-16)24(17(26)20-12)9-10-3-5-11(6-4-10)14(19)25/h3-6H,7-9H2,1-2H3,(H2,19,25)(H,20,26)(H2,18,21,22). The molecule has 0 saturated heterocycles. The van der Waals surface area contributed by atoms with E-state index >= 15 is 0 Å². The molecule has 0 atom stereocenters. The molecule has 1 amide bonds. The molecule has 10 nitrogen and oxygen atoms in total. The van der Waals surface area contributed by atoms with Crippen LogP contribution < -0.4 is 16.2 Å². The molecule has 0 bridgehead atoms. The first-order valence-electron chi connectivity index (χ1n) is 8.24. The molecule has 27 heavy (non-hydrogen) atoms. The molecule has 0 spiro atoms. The second kappa shape index (κ2) is 7.46. The second-order valence-corrected chi connectivity index (χ2v) is 6.27. The van der Waals surface area contributed by atoms with Crippen molar-refractivity contribution in [3.05, 3.63) is 35.4 Å². The SMILES string of the molecule is CN(C)CCOc1nc(N)c2nc(O)n(Cc3ccc(C(N)=O)cc3)c2n1. The van der Waals surface area contributed by atoms with E-state index in [9.17, 15) is 9.90 Å². The summed E-state index contributed by atoms with van der Waals surface area (Å²) < 4.78 is 7.04. The molecule has 3 rings (SSSR count). The molecule has 1 aromatic carbocycles. The van der Waals surface area contributed by atoms with Crippen LogP contribution in [0.2, 0.25) is 0 Å². The zero-order valence-corrected chi connectivity index (χ0v) is 15.1. The number of rotatable bonds is 7. The van der Waals surface area contributed by atoms with Crippen LogP contribution in [0.4, 0.5) is 5.82 Å². The number of imidazole rings is 1. The monoisotopic (exact) mass is 371 g/mol. The summed E-state index contributed by atoms with van der Waals surface area (Å²) in [5.41, 5.74) is 13.1. The van der Waals surface area contributed by atoms with Crippen molar-refractivity contribution >= 4 is 22.9 Å². The number of aromatic hydroxyl groups is 1. The van der Waals surface area contributed by atoms with Crippen LogP contribution in [0.25, 0.3) is 11.2 Å². The van der Waals surface area contributed by atoms with Gasteiger partial charge in [-0.2, -0.15) is 15.0 Å². The number of benzene rings is 1. The van der Waals surface area contributed by atoms with Gasteiger partial charge >= 0.3 is 6.01 Å². The fourth-order valence-electron chi connectivity index (χ4n) is 2.48. The zero-order valence-electron chi connectivity index (χ0n) is 15.1. The molecule has 3 aromatic rings. The fourth-order valence-corrected chi connectivity index (χ4v) is 2.48. The van der Waals surface area contributed by atoms with Crippen LogP contribution in [0.5, 0.6) is 12.0 Å². The van der Waals surface area contributed by atoms with Gasteiger partial charge in [0.15, 0.2) is 17.0 Å². The molecule has 2 aromatic heterocycles. The van der Waals surface area contributed by atoms with Gasteiger partial charge in [-0.3, -0.25) is 9.36 Å². The third-order valence-electron chi connectivity index (χ3n) is 3.93. The Morgan fingerprint density at radius 1 is 1.22 bits per heavy atom. The maximum atomic E-state index is 11.2. The Labute approximate surface area is 155 Å². The minimum absolute atomic E-state index is 0.118. The molecular formula is C17H21N7O3. The Bertz CT molecular complexity index is 967. The van der Waals surface area contributed by atoms with Crippen molar-refractivity contribution in [2.75, 3.05) is 33.0 Å².